The molecule has 0 bridgehead atoms. The van der Waals surface area contributed by atoms with Crippen molar-refractivity contribution in [1.82, 2.24) is 0 Å². The number of nitrogens with one attached hydrogen (secondary N) is 1. The number of hydrogen-bond donors (Lipinski definition) is 2. The molecule has 1 aromatic rings. The minimum atomic E-state index is -1.13. The van der Waals surface area contributed by atoms with E-state index in [4.69, 9.17) is 0 Å². The molecule has 0 spiro atoms. The third-order valence-electron chi connectivity index (χ3n) is 1.49. The number of rotatable bonds is 1. The maximum absolute atomic E-state index is 10.9. The van der Waals surface area contributed by atoms with E-state index in [0.29, 0.717) is 5.69 Å². The van der Waals surface area contributed by atoms with Crippen LogP contribution in [0.2, 0.25) is 0 Å². The van der Waals surface area contributed by atoms with E-state index < -0.39 is 12.2 Å². The molecule has 2 amide bonds. The summed E-state index contributed by atoms with van der Waals surface area (Å²) in [6.07, 6.45) is -2.02. The molecule has 5 heteroatoms. The van der Waals surface area contributed by atoms with E-state index in [1.165, 1.54) is 0 Å². The maximum atomic E-state index is 10.9. The molecule has 0 heterocycles. The summed E-state index contributed by atoms with van der Waals surface area (Å²) in [4.78, 5) is 21.1. The van der Waals surface area contributed by atoms with E-state index >= 15 is 0 Å². The zero-order valence-corrected chi connectivity index (χ0v) is 7.61. The lowest BCUT2D eigenvalue weighted by Gasteiger charge is -2.03. The van der Waals surface area contributed by atoms with Gasteiger partial charge in [0.15, 0.2) is 0 Å². The molecule has 0 saturated carbocycles. The third-order valence-corrected chi connectivity index (χ3v) is 1.49. The van der Waals surface area contributed by atoms with Gasteiger partial charge < -0.3 is 10.5 Å². The molecular weight excluding hydrogens is 184 g/mol. The van der Waals surface area contributed by atoms with Crippen molar-refractivity contribution in [3.8, 4) is 0 Å². The van der Waals surface area contributed by atoms with Gasteiger partial charge in [-0.1, -0.05) is 17.7 Å². The Morgan fingerprint density at radius 1 is 1.29 bits per heavy atom. The van der Waals surface area contributed by atoms with Crippen LogP contribution in [0.1, 0.15) is 5.56 Å². The summed E-state index contributed by atoms with van der Waals surface area (Å²) in [5, 5.41) is 2.34. The Hall–Kier alpha value is -2.04. The monoisotopic (exact) mass is 194 g/mol. The molecule has 0 atom stereocenters. The second-order valence-electron chi connectivity index (χ2n) is 2.70. The second-order valence-corrected chi connectivity index (χ2v) is 2.70. The van der Waals surface area contributed by atoms with Gasteiger partial charge in [0.25, 0.3) is 0 Å². The molecule has 5 nitrogen and oxygen atoms in total. The molecular formula is C9H10N2O3. The third kappa shape index (κ3) is 3.14. The molecule has 0 aliphatic heterocycles. The van der Waals surface area contributed by atoms with Crippen LogP contribution in [-0.2, 0) is 4.74 Å². The van der Waals surface area contributed by atoms with Crippen molar-refractivity contribution >= 4 is 17.9 Å². The first kappa shape index (κ1) is 10.0. The number of carbonyl (C=O) groups is 2. The average molecular weight is 194 g/mol. The molecule has 3 N–H and O–H groups in total. The first-order valence-electron chi connectivity index (χ1n) is 3.93. The van der Waals surface area contributed by atoms with Gasteiger partial charge in [-0.3, -0.25) is 5.32 Å². The van der Waals surface area contributed by atoms with E-state index in [9.17, 15) is 9.59 Å². The number of benzene rings is 1. The van der Waals surface area contributed by atoms with Crippen LogP contribution in [-0.4, -0.2) is 12.2 Å². The zero-order valence-electron chi connectivity index (χ0n) is 7.61. The van der Waals surface area contributed by atoms with Crippen molar-refractivity contribution in [1.29, 1.82) is 0 Å². The Labute approximate surface area is 80.9 Å². The van der Waals surface area contributed by atoms with E-state index in [1.54, 1.807) is 12.1 Å². The van der Waals surface area contributed by atoms with E-state index in [0.717, 1.165) is 5.56 Å². The van der Waals surface area contributed by atoms with Gasteiger partial charge in [-0.05, 0) is 19.1 Å². The molecule has 0 fully saturated rings. The van der Waals surface area contributed by atoms with E-state index in [1.807, 2.05) is 19.1 Å². The van der Waals surface area contributed by atoms with Gasteiger partial charge in [-0.25, -0.2) is 9.59 Å². The molecule has 1 rings (SSSR count). The van der Waals surface area contributed by atoms with Crippen molar-refractivity contribution < 1.29 is 14.3 Å². The molecule has 0 saturated heterocycles. The zero-order chi connectivity index (χ0) is 10.6. The van der Waals surface area contributed by atoms with Crippen LogP contribution in [0.15, 0.2) is 24.3 Å². The summed E-state index contributed by atoms with van der Waals surface area (Å²) in [5.41, 5.74) is 6.26. The molecule has 14 heavy (non-hydrogen) atoms. The molecule has 0 radical (unpaired) electrons. The highest BCUT2D eigenvalue weighted by atomic mass is 16.6. The van der Waals surface area contributed by atoms with Crippen LogP contribution in [0.25, 0.3) is 0 Å². The first-order valence-corrected chi connectivity index (χ1v) is 3.93. The molecule has 0 unspecified atom stereocenters. The number of primary amides is 1. The van der Waals surface area contributed by atoms with Gasteiger partial charge in [0.1, 0.15) is 0 Å². The largest absolute Gasteiger partial charge is 0.420 e. The van der Waals surface area contributed by atoms with Crippen LogP contribution in [0.5, 0.6) is 0 Å². The Morgan fingerprint density at radius 3 is 2.36 bits per heavy atom. The fourth-order valence-electron chi connectivity index (χ4n) is 0.872. The quantitative estimate of drug-likeness (QED) is 0.666. The molecule has 0 aromatic heterocycles. The summed E-state index contributed by atoms with van der Waals surface area (Å²) in [7, 11) is 0. The number of amides is 2. The predicted octanol–water partition coefficient (Wildman–Crippen LogP) is 1.62. The smallest absolute Gasteiger partial charge is 0.359 e. The van der Waals surface area contributed by atoms with Crippen LogP contribution >= 0.6 is 0 Å². The topological polar surface area (TPSA) is 81.4 Å². The van der Waals surface area contributed by atoms with Gasteiger partial charge in [0, 0.05) is 5.69 Å². The SMILES string of the molecule is Cc1ccc(NC(=O)OC(N)=O)cc1. The van der Waals surface area contributed by atoms with E-state index in [2.05, 4.69) is 15.8 Å². The standard InChI is InChI=1S/C9H10N2O3/c1-6-2-4-7(5-3-6)11-9(13)14-8(10)12/h2-5H,1H3,(H2,10,12)(H,11,13). The van der Waals surface area contributed by atoms with Crippen molar-refractivity contribution in [3.63, 3.8) is 0 Å². The minimum Gasteiger partial charge on any atom is -0.359 e. The highest BCUT2D eigenvalue weighted by Gasteiger charge is 2.05. The first-order chi connectivity index (χ1) is 6.58. The lowest BCUT2D eigenvalue weighted by molar-refractivity contribution is 0.167. The lowest BCUT2D eigenvalue weighted by Crippen LogP contribution is -2.22. The van der Waals surface area contributed by atoms with Crippen LogP contribution in [0.4, 0.5) is 15.3 Å². The Bertz CT molecular complexity index is 346. The fraction of sp³-hybridized carbons (Fsp3) is 0.111. The van der Waals surface area contributed by atoms with Gasteiger partial charge in [-0.15, -0.1) is 0 Å². The highest BCUT2D eigenvalue weighted by Crippen LogP contribution is 2.08. The number of hydrogen-bond acceptors (Lipinski definition) is 3. The Balaban J connectivity index is 2.56. The van der Waals surface area contributed by atoms with Crippen LogP contribution in [0.3, 0.4) is 0 Å². The number of nitrogens with two attached hydrogens (primary N) is 1. The van der Waals surface area contributed by atoms with Crippen LogP contribution < -0.4 is 11.1 Å². The summed E-state index contributed by atoms with van der Waals surface area (Å²) < 4.78 is 4.07. The fourth-order valence-corrected chi connectivity index (χ4v) is 0.872. The summed E-state index contributed by atoms with van der Waals surface area (Å²) in [6.45, 7) is 1.92. The number of ether oxygens (including phenoxy) is 1. The van der Waals surface area contributed by atoms with Gasteiger partial charge >= 0.3 is 12.2 Å². The number of anilines is 1. The minimum absolute atomic E-state index is 0.543. The maximum Gasteiger partial charge on any atom is 0.420 e. The van der Waals surface area contributed by atoms with Gasteiger partial charge in [0.2, 0.25) is 0 Å². The second kappa shape index (κ2) is 4.27. The van der Waals surface area contributed by atoms with Crippen molar-refractivity contribution in [3.05, 3.63) is 29.8 Å². The number of carbonyl (C=O) groups excluding carboxylic acids is 2. The molecule has 74 valence electrons. The van der Waals surface area contributed by atoms with Gasteiger partial charge in [0.05, 0.1) is 0 Å². The Morgan fingerprint density at radius 2 is 1.86 bits per heavy atom. The normalized spacial score (nSPS) is 9.21. The summed E-state index contributed by atoms with van der Waals surface area (Å²) in [6, 6.07) is 7.02. The van der Waals surface area contributed by atoms with Gasteiger partial charge in [-0.2, -0.15) is 0 Å². The van der Waals surface area contributed by atoms with Crippen molar-refractivity contribution in [2.45, 2.75) is 6.92 Å². The lowest BCUT2D eigenvalue weighted by atomic mass is 10.2. The van der Waals surface area contributed by atoms with Crippen LogP contribution in [0, 0.1) is 6.92 Å². The predicted molar refractivity (Wildman–Crippen MR) is 50.9 cm³/mol. The summed E-state index contributed by atoms with van der Waals surface area (Å²) >= 11 is 0. The molecule has 0 aliphatic rings. The summed E-state index contributed by atoms with van der Waals surface area (Å²) in [5.74, 6) is 0. The van der Waals surface area contributed by atoms with E-state index in [-0.39, 0.29) is 0 Å². The highest BCUT2D eigenvalue weighted by molar-refractivity contribution is 5.91. The average Bonchev–Trinajstić information content (AvgIpc) is 2.07. The van der Waals surface area contributed by atoms with Crippen molar-refractivity contribution in [2.75, 3.05) is 5.32 Å². The molecule has 0 aliphatic carbocycles. The molecule has 1 aromatic carbocycles. The number of aryl methyl sites for hydroxylation is 1. The Kier molecular flexibility index (Phi) is 3.06. The van der Waals surface area contributed by atoms with Crippen molar-refractivity contribution in [2.24, 2.45) is 5.73 Å².